The van der Waals surface area contributed by atoms with Gasteiger partial charge in [-0.05, 0) is 29.3 Å². The van der Waals surface area contributed by atoms with E-state index in [1.54, 1.807) is 12.1 Å². The molecule has 2 amide bonds. The van der Waals surface area contributed by atoms with Gasteiger partial charge in [-0.15, -0.1) is 0 Å². The number of hydrogen-bond acceptors (Lipinski definition) is 3. The number of carbonyl (C=O) groups excluding carboxylic acids is 3. The lowest BCUT2D eigenvalue weighted by Gasteiger charge is -2.11. The van der Waals surface area contributed by atoms with Crippen LogP contribution in [0.1, 0.15) is 5.56 Å². The third-order valence-electron chi connectivity index (χ3n) is 4.28. The van der Waals surface area contributed by atoms with Gasteiger partial charge in [0.05, 0.1) is 0 Å². The molecular formula is C19H16Cl2N2O3. The first-order valence-electron chi connectivity index (χ1n) is 7.98. The van der Waals surface area contributed by atoms with Crippen molar-refractivity contribution >= 4 is 40.8 Å². The van der Waals surface area contributed by atoms with Crippen LogP contribution in [-0.4, -0.2) is 36.1 Å². The summed E-state index contributed by atoms with van der Waals surface area (Å²) in [5, 5.41) is 3.82. The fourth-order valence-electron chi connectivity index (χ4n) is 2.86. The van der Waals surface area contributed by atoms with Gasteiger partial charge in [-0.1, -0.05) is 47.5 Å². The van der Waals surface area contributed by atoms with Crippen LogP contribution in [0.15, 0.2) is 42.5 Å². The van der Waals surface area contributed by atoms with Crippen LogP contribution in [0, 0.1) is 5.92 Å². The molecule has 0 saturated carbocycles. The molecule has 0 radical (unpaired) electrons. The summed E-state index contributed by atoms with van der Waals surface area (Å²) in [7, 11) is 1.51. The molecule has 26 heavy (non-hydrogen) atoms. The Morgan fingerprint density at radius 1 is 1.19 bits per heavy atom. The monoisotopic (exact) mass is 390 g/mol. The topological polar surface area (TPSA) is 66.5 Å². The van der Waals surface area contributed by atoms with Gasteiger partial charge in [-0.2, -0.15) is 0 Å². The molecule has 134 valence electrons. The second-order valence-corrected chi connectivity index (χ2v) is 6.99. The Hall–Kier alpha value is -2.37. The van der Waals surface area contributed by atoms with E-state index in [4.69, 9.17) is 23.2 Å². The van der Waals surface area contributed by atoms with Gasteiger partial charge in [0.1, 0.15) is 5.92 Å². The SMILES string of the molecule is CN1CC(C(=O)NCc2cccc(-c3ccc(Cl)cc3Cl)c2)C(=O)C1=O. The fourth-order valence-corrected chi connectivity index (χ4v) is 3.38. The largest absolute Gasteiger partial charge is 0.351 e. The van der Waals surface area contributed by atoms with Crippen molar-refractivity contribution in [2.24, 2.45) is 5.92 Å². The predicted octanol–water partition coefficient (Wildman–Crippen LogP) is 2.93. The molecule has 1 aliphatic heterocycles. The average Bonchev–Trinajstić information content (AvgIpc) is 2.87. The van der Waals surface area contributed by atoms with Crippen LogP contribution in [0.25, 0.3) is 11.1 Å². The molecule has 2 aromatic rings. The number of Topliss-reactive ketones (excluding diaryl/α,β-unsaturated/α-hetero) is 1. The van der Waals surface area contributed by atoms with Gasteiger partial charge in [0.15, 0.2) is 0 Å². The maximum Gasteiger partial charge on any atom is 0.290 e. The highest BCUT2D eigenvalue weighted by Gasteiger charge is 2.41. The smallest absolute Gasteiger partial charge is 0.290 e. The Labute approximate surface area is 160 Å². The molecule has 0 aromatic heterocycles. The Morgan fingerprint density at radius 3 is 2.62 bits per heavy atom. The molecule has 1 atom stereocenters. The van der Waals surface area contributed by atoms with Crippen molar-refractivity contribution in [3.05, 3.63) is 58.1 Å². The number of likely N-dealkylation sites (N-methyl/N-ethyl adjacent to an activating group) is 1. The molecule has 7 heteroatoms. The molecule has 1 fully saturated rings. The maximum absolute atomic E-state index is 12.2. The molecule has 5 nitrogen and oxygen atoms in total. The first-order chi connectivity index (χ1) is 12.4. The van der Waals surface area contributed by atoms with Crippen LogP contribution in [0.3, 0.4) is 0 Å². The summed E-state index contributed by atoms with van der Waals surface area (Å²) in [5.41, 5.74) is 2.58. The Kier molecular flexibility index (Phi) is 5.30. The molecule has 1 saturated heterocycles. The van der Waals surface area contributed by atoms with E-state index in [0.717, 1.165) is 16.7 Å². The zero-order chi connectivity index (χ0) is 18.8. The van der Waals surface area contributed by atoms with E-state index in [-0.39, 0.29) is 13.1 Å². The van der Waals surface area contributed by atoms with Crippen LogP contribution in [0.5, 0.6) is 0 Å². The highest BCUT2D eigenvalue weighted by Crippen LogP contribution is 2.30. The first-order valence-corrected chi connectivity index (χ1v) is 8.74. The van der Waals surface area contributed by atoms with Crippen molar-refractivity contribution in [2.45, 2.75) is 6.54 Å². The number of nitrogens with zero attached hydrogens (tertiary/aromatic N) is 1. The molecule has 1 heterocycles. The van der Waals surface area contributed by atoms with Gasteiger partial charge >= 0.3 is 0 Å². The van der Waals surface area contributed by atoms with E-state index < -0.39 is 23.5 Å². The molecule has 1 N–H and O–H groups in total. The number of halogens is 2. The van der Waals surface area contributed by atoms with Gasteiger partial charge < -0.3 is 10.2 Å². The molecule has 2 aromatic carbocycles. The lowest BCUT2D eigenvalue weighted by molar-refractivity contribution is -0.142. The second kappa shape index (κ2) is 7.48. The summed E-state index contributed by atoms with van der Waals surface area (Å²) in [6.45, 7) is 0.365. The molecule has 0 aliphatic carbocycles. The highest BCUT2D eigenvalue weighted by atomic mass is 35.5. The molecule has 1 aliphatic rings. The number of hydrogen-bond donors (Lipinski definition) is 1. The van der Waals surface area contributed by atoms with E-state index in [9.17, 15) is 14.4 Å². The predicted molar refractivity (Wildman–Crippen MR) is 99.9 cm³/mol. The third-order valence-corrected chi connectivity index (χ3v) is 4.83. The Bertz CT molecular complexity index is 898. The lowest BCUT2D eigenvalue weighted by atomic mass is 10.0. The van der Waals surface area contributed by atoms with Gasteiger partial charge in [0.2, 0.25) is 11.7 Å². The van der Waals surface area contributed by atoms with E-state index in [1.165, 1.54) is 11.9 Å². The molecule has 1 unspecified atom stereocenters. The number of nitrogens with one attached hydrogen (secondary N) is 1. The number of rotatable bonds is 4. The quantitative estimate of drug-likeness (QED) is 0.644. The number of ketones is 1. The molecular weight excluding hydrogens is 375 g/mol. The van der Waals surface area contributed by atoms with Gasteiger partial charge in [0.25, 0.3) is 5.91 Å². The maximum atomic E-state index is 12.2. The minimum atomic E-state index is -0.943. The van der Waals surface area contributed by atoms with Crippen molar-refractivity contribution in [1.29, 1.82) is 0 Å². The Morgan fingerprint density at radius 2 is 1.96 bits per heavy atom. The highest BCUT2D eigenvalue weighted by molar-refractivity contribution is 6.42. The summed E-state index contributed by atoms with van der Waals surface area (Å²) < 4.78 is 0. The number of likely N-dealkylation sites (tertiary alicyclic amines) is 1. The number of amides is 2. The standard InChI is InChI=1S/C19H16Cl2N2O3/c1-23-10-15(17(24)19(23)26)18(25)22-9-11-3-2-4-12(7-11)14-6-5-13(20)8-16(14)21/h2-8,15H,9-10H2,1H3,(H,22,25). The van der Waals surface area contributed by atoms with Crippen molar-refractivity contribution in [2.75, 3.05) is 13.6 Å². The minimum absolute atomic E-state index is 0.115. The van der Waals surface area contributed by atoms with Crippen molar-refractivity contribution in [3.8, 4) is 11.1 Å². The van der Waals surface area contributed by atoms with Crippen molar-refractivity contribution < 1.29 is 14.4 Å². The molecule has 0 bridgehead atoms. The first kappa shape index (κ1) is 18.4. The van der Waals surface area contributed by atoms with Crippen LogP contribution in [0.4, 0.5) is 0 Å². The zero-order valence-electron chi connectivity index (χ0n) is 14.0. The van der Waals surface area contributed by atoms with Crippen LogP contribution in [0.2, 0.25) is 10.0 Å². The summed E-state index contributed by atoms with van der Waals surface area (Å²) in [6.07, 6.45) is 0. The normalized spacial score (nSPS) is 16.9. The fraction of sp³-hybridized carbons (Fsp3) is 0.211. The number of benzene rings is 2. The minimum Gasteiger partial charge on any atom is -0.351 e. The lowest BCUT2D eigenvalue weighted by Crippen LogP contribution is -2.35. The summed E-state index contributed by atoms with van der Waals surface area (Å²) in [6, 6.07) is 12.8. The van der Waals surface area contributed by atoms with E-state index in [1.807, 2.05) is 30.3 Å². The number of carbonyl (C=O) groups is 3. The average molecular weight is 391 g/mol. The Balaban J connectivity index is 1.71. The van der Waals surface area contributed by atoms with E-state index >= 15 is 0 Å². The van der Waals surface area contributed by atoms with Crippen molar-refractivity contribution in [1.82, 2.24) is 10.2 Å². The van der Waals surface area contributed by atoms with Crippen molar-refractivity contribution in [3.63, 3.8) is 0 Å². The van der Waals surface area contributed by atoms with E-state index in [0.29, 0.717) is 10.0 Å². The van der Waals surface area contributed by atoms with Gasteiger partial charge in [0, 0.05) is 35.7 Å². The third kappa shape index (κ3) is 3.74. The second-order valence-electron chi connectivity index (χ2n) is 6.14. The van der Waals surface area contributed by atoms with Gasteiger partial charge in [-0.3, -0.25) is 14.4 Å². The summed E-state index contributed by atoms with van der Waals surface area (Å²) >= 11 is 12.2. The van der Waals surface area contributed by atoms with Gasteiger partial charge in [-0.25, -0.2) is 0 Å². The van der Waals surface area contributed by atoms with Crippen LogP contribution < -0.4 is 5.32 Å². The van der Waals surface area contributed by atoms with Crippen LogP contribution >= 0.6 is 23.2 Å². The zero-order valence-corrected chi connectivity index (χ0v) is 15.5. The van der Waals surface area contributed by atoms with E-state index in [2.05, 4.69) is 5.32 Å². The summed E-state index contributed by atoms with van der Waals surface area (Å²) in [4.78, 5) is 36.8. The van der Waals surface area contributed by atoms with Crippen LogP contribution in [-0.2, 0) is 20.9 Å². The summed E-state index contributed by atoms with van der Waals surface area (Å²) in [5.74, 6) is -2.67. The molecule has 0 spiro atoms. The molecule has 3 rings (SSSR count).